The zero-order valence-corrected chi connectivity index (χ0v) is 14.3. The van der Waals surface area contributed by atoms with Gasteiger partial charge in [0.15, 0.2) is 5.82 Å². The van der Waals surface area contributed by atoms with Gasteiger partial charge in [-0.15, -0.1) is 10.2 Å². The molecule has 2 aromatic rings. The fourth-order valence-electron chi connectivity index (χ4n) is 3.08. The van der Waals surface area contributed by atoms with Crippen LogP contribution in [0.5, 0.6) is 0 Å². The number of aryl methyl sites for hydroxylation is 1. The summed E-state index contributed by atoms with van der Waals surface area (Å²) in [5.74, 6) is 0.678. The van der Waals surface area contributed by atoms with E-state index >= 15 is 0 Å². The Morgan fingerprint density at radius 2 is 2.21 bits per heavy atom. The fourth-order valence-corrected chi connectivity index (χ4v) is 4.78. The summed E-state index contributed by atoms with van der Waals surface area (Å²) in [5, 5.41) is 17.1. The SMILES string of the molecule is CCn1cnnc1C1CCCCN1S(=O)(=O)c1cccc(C#N)c1. The Bertz CT molecular complexity index is 869. The Hall–Kier alpha value is -2.24. The van der Waals surface area contributed by atoms with E-state index in [0.29, 0.717) is 24.5 Å². The van der Waals surface area contributed by atoms with Crippen molar-refractivity contribution < 1.29 is 8.42 Å². The summed E-state index contributed by atoms with van der Waals surface area (Å²) in [4.78, 5) is 0.149. The maximum absolute atomic E-state index is 13.1. The Morgan fingerprint density at radius 1 is 1.38 bits per heavy atom. The minimum atomic E-state index is -3.69. The predicted molar refractivity (Wildman–Crippen MR) is 87.3 cm³/mol. The average molecular weight is 345 g/mol. The van der Waals surface area contributed by atoms with Crippen molar-refractivity contribution in [3.8, 4) is 6.07 Å². The molecule has 2 heterocycles. The van der Waals surface area contributed by atoms with Crippen LogP contribution < -0.4 is 0 Å². The van der Waals surface area contributed by atoms with Gasteiger partial charge in [0.25, 0.3) is 0 Å². The first-order valence-electron chi connectivity index (χ1n) is 7.97. The highest BCUT2D eigenvalue weighted by atomic mass is 32.2. The molecule has 24 heavy (non-hydrogen) atoms. The van der Waals surface area contributed by atoms with Gasteiger partial charge in [-0.1, -0.05) is 12.5 Å². The van der Waals surface area contributed by atoms with Gasteiger partial charge in [-0.05, 0) is 38.0 Å². The quantitative estimate of drug-likeness (QED) is 0.846. The van der Waals surface area contributed by atoms with Gasteiger partial charge in [0.05, 0.1) is 22.6 Å². The molecule has 1 aromatic carbocycles. The zero-order valence-electron chi connectivity index (χ0n) is 13.5. The van der Waals surface area contributed by atoms with Crippen molar-refractivity contribution in [2.45, 2.75) is 43.7 Å². The van der Waals surface area contributed by atoms with Gasteiger partial charge in [-0.3, -0.25) is 0 Å². The standard InChI is InChI=1S/C16H19N5O2S/c1-2-20-12-18-19-16(20)15-8-3-4-9-21(15)24(22,23)14-7-5-6-13(10-14)11-17/h5-7,10,12,15H,2-4,8-9H2,1H3. The van der Waals surface area contributed by atoms with Crippen molar-refractivity contribution >= 4 is 10.0 Å². The monoisotopic (exact) mass is 345 g/mol. The molecule has 0 amide bonds. The summed E-state index contributed by atoms with van der Waals surface area (Å²) >= 11 is 0. The highest BCUT2D eigenvalue weighted by molar-refractivity contribution is 7.89. The molecule has 1 aliphatic rings. The van der Waals surface area contributed by atoms with Crippen LogP contribution in [0.1, 0.15) is 43.6 Å². The molecule has 0 aliphatic carbocycles. The van der Waals surface area contributed by atoms with Crippen LogP contribution in [-0.2, 0) is 16.6 Å². The van der Waals surface area contributed by atoms with E-state index in [0.717, 1.165) is 19.3 Å². The number of hydrogen-bond acceptors (Lipinski definition) is 5. The molecule has 3 rings (SSSR count). The second-order valence-corrected chi connectivity index (χ2v) is 7.63. The molecule has 8 heteroatoms. The van der Waals surface area contributed by atoms with Gasteiger partial charge in [-0.2, -0.15) is 9.57 Å². The van der Waals surface area contributed by atoms with Crippen LogP contribution >= 0.6 is 0 Å². The molecular weight excluding hydrogens is 326 g/mol. The van der Waals surface area contributed by atoms with Gasteiger partial charge < -0.3 is 4.57 Å². The van der Waals surface area contributed by atoms with E-state index in [1.165, 1.54) is 16.4 Å². The minimum absolute atomic E-state index is 0.149. The van der Waals surface area contributed by atoms with Gasteiger partial charge in [0, 0.05) is 13.1 Å². The number of benzene rings is 1. The average Bonchev–Trinajstić information content (AvgIpc) is 3.10. The molecule has 0 N–H and O–H groups in total. The second kappa shape index (κ2) is 6.71. The topological polar surface area (TPSA) is 91.9 Å². The van der Waals surface area contributed by atoms with E-state index in [2.05, 4.69) is 10.2 Å². The molecule has 1 atom stereocenters. The van der Waals surface area contributed by atoms with E-state index in [1.807, 2.05) is 17.6 Å². The molecule has 7 nitrogen and oxygen atoms in total. The number of sulfonamides is 1. The molecule has 1 aromatic heterocycles. The Labute approximate surface area is 141 Å². The molecular formula is C16H19N5O2S. The van der Waals surface area contributed by atoms with E-state index < -0.39 is 10.0 Å². The lowest BCUT2D eigenvalue weighted by atomic mass is 10.0. The first-order valence-corrected chi connectivity index (χ1v) is 9.41. The molecule has 0 bridgehead atoms. The Kier molecular flexibility index (Phi) is 4.64. The molecule has 126 valence electrons. The van der Waals surface area contributed by atoms with Crippen LogP contribution in [0.25, 0.3) is 0 Å². The van der Waals surface area contributed by atoms with Crippen molar-refractivity contribution in [3.05, 3.63) is 42.0 Å². The number of hydrogen-bond donors (Lipinski definition) is 0. The van der Waals surface area contributed by atoms with Crippen molar-refractivity contribution in [1.29, 1.82) is 5.26 Å². The van der Waals surface area contributed by atoms with E-state index in [-0.39, 0.29) is 10.9 Å². The van der Waals surface area contributed by atoms with Crippen LogP contribution in [0.3, 0.4) is 0 Å². The first kappa shape index (κ1) is 16.6. The van der Waals surface area contributed by atoms with Gasteiger partial charge in [0.1, 0.15) is 6.33 Å². The number of piperidine rings is 1. The zero-order chi connectivity index (χ0) is 17.2. The van der Waals surface area contributed by atoms with Crippen molar-refractivity contribution in [1.82, 2.24) is 19.1 Å². The van der Waals surface area contributed by atoms with Crippen molar-refractivity contribution in [3.63, 3.8) is 0 Å². The van der Waals surface area contributed by atoms with Gasteiger partial charge in [-0.25, -0.2) is 8.42 Å². The minimum Gasteiger partial charge on any atom is -0.317 e. The highest BCUT2D eigenvalue weighted by Gasteiger charge is 2.36. The molecule has 1 saturated heterocycles. The lowest BCUT2D eigenvalue weighted by molar-refractivity contribution is 0.241. The molecule has 0 saturated carbocycles. The summed E-state index contributed by atoms with van der Waals surface area (Å²) in [7, 11) is -3.69. The summed E-state index contributed by atoms with van der Waals surface area (Å²) in [6.07, 6.45) is 4.11. The molecule has 0 radical (unpaired) electrons. The van der Waals surface area contributed by atoms with Gasteiger partial charge in [0.2, 0.25) is 10.0 Å². The van der Waals surface area contributed by atoms with E-state index in [9.17, 15) is 8.42 Å². The van der Waals surface area contributed by atoms with Crippen LogP contribution in [0.15, 0.2) is 35.5 Å². The smallest absolute Gasteiger partial charge is 0.243 e. The Morgan fingerprint density at radius 3 is 2.96 bits per heavy atom. The Balaban J connectivity index is 2.02. The second-order valence-electron chi connectivity index (χ2n) is 5.74. The number of nitriles is 1. The summed E-state index contributed by atoms with van der Waals surface area (Å²) < 4.78 is 29.6. The van der Waals surface area contributed by atoms with Crippen LogP contribution in [0.2, 0.25) is 0 Å². The molecule has 1 fully saturated rings. The third kappa shape index (κ3) is 2.92. The highest BCUT2D eigenvalue weighted by Crippen LogP contribution is 2.34. The predicted octanol–water partition coefficient (Wildman–Crippen LogP) is 2.09. The lowest BCUT2D eigenvalue weighted by Crippen LogP contribution is -2.39. The summed E-state index contributed by atoms with van der Waals surface area (Å²) in [5.41, 5.74) is 0.335. The number of rotatable bonds is 4. The normalized spacial score (nSPS) is 19.1. The molecule has 0 spiro atoms. The van der Waals surface area contributed by atoms with Crippen LogP contribution in [0, 0.1) is 11.3 Å². The van der Waals surface area contributed by atoms with Crippen molar-refractivity contribution in [2.75, 3.05) is 6.54 Å². The molecule has 1 aliphatic heterocycles. The summed E-state index contributed by atoms with van der Waals surface area (Å²) in [6, 6.07) is 7.82. The lowest BCUT2D eigenvalue weighted by Gasteiger charge is -2.34. The number of nitrogens with zero attached hydrogens (tertiary/aromatic N) is 5. The van der Waals surface area contributed by atoms with E-state index in [4.69, 9.17) is 5.26 Å². The third-order valence-corrected chi connectivity index (χ3v) is 6.21. The maximum Gasteiger partial charge on any atom is 0.243 e. The largest absolute Gasteiger partial charge is 0.317 e. The number of aromatic nitrogens is 3. The summed E-state index contributed by atoms with van der Waals surface area (Å²) in [6.45, 7) is 3.11. The first-order chi connectivity index (χ1) is 11.6. The molecule has 1 unspecified atom stereocenters. The third-order valence-electron chi connectivity index (χ3n) is 4.31. The van der Waals surface area contributed by atoms with Crippen LogP contribution in [-0.4, -0.2) is 34.0 Å². The van der Waals surface area contributed by atoms with Crippen LogP contribution in [0.4, 0.5) is 0 Å². The van der Waals surface area contributed by atoms with Crippen molar-refractivity contribution in [2.24, 2.45) is 0 Å². The van der Waals surface area contributed by atoms with E-state index in [1.54, 1.807) is 18.5 Å². The maximum atomic E-state index is 13.1. The fraction of sp³-hybridized carbons (Fsp3) is 0.438. The van der Waals surface area contributed by atoms with Gasteiger partial charge >= 0.3 is 0 Å².